The van der Waals surface area contributed by atoms with Gasteiger partial charge in [-0.25, -0.2) is 13.6 Å². The summed E-state index contributed by atoms with van der Waals surface area (Å²) in [6.07, 6.45) is -6.72. The van der Waals surface area contributed by atoms with Crippen molar-refractivity contribution in [3.63, 3.8) is 0 Å². The van der Waals surface area contributed by atoms with E-state index in [4.69, 9.17) is 16.3 Å². The van der Waals surface area contributed by atoms with Crippen LogP contribution in [0.4, 0.5) is 26.7 Å². The van der Waals surface area contributed by atoms with Crippen LogP contribution in [0, 0.1) is 17.6 Å². The van der Waals surface area contributed by atoms with Gasteiger partial charge in [-0.2, -0.15) is 13.2 Å². The number of carbonyl (C=O) groups is 2. The number of ether oxygens (including phenoxy) is 2. The Bertz CT molecular complexity index is 799. The number of rotatable bonds is 4. The van der Waals surface area contributed by atoms with Crippen molar-refractivity contribution in [2.24, 2.45) is 5.92 Å². The molecule has 1 aromatic carbocycles. The van der Waals surface area contributed by atoms with E-state index in [1.807, 2.05) is 0 Å². The Balaban J connectivity index is 1.83. The monoisotopic (exact) mass is 442 g/mol. The Kier molecular flexibility index (Phi) is 6.18. The lowest BCUT2D eigenvalue weighted by Crippen LogP contribution is -2.49. The van der Waals surface area contributed by atoms with Gasteiger partial charge in [-0.1, -0.05) is 17.7 Å². The molecule has 2 aliphatic heterocycles. The first-order valence-corrected chi connectivity index (χ1v) is 9.01. The minimum absolute atomic E-state index is 0.142. The van der Waals surface area contributed by atoms with Gasteiger partial charge in [-0.05, 0) is 18.9 Å². The van der Waals surface area contributed by atoms with Crippen molar-refractivity contribution in [1.29, 1.82) is 0 Å². The van der Waals surface area contributed by atoms with E-state index in [-0.39, 0.29) is 25.0 Å². The minimum atomic E-state index is -4.44. The van der Waals surface area contributed by atoms with Gasteiger partial charge in [0.2, 0.25) is 5.91 Å². The van der Waals surface area contributed by atoms with Crippen molar-refractivity contribution < 1.29 is 41.0 Å². The van der Waals surface area contributed by atoms with E-state index in [0.29, 0.717) is 0 Å². The first-order valence-electron chi connectivity index (χ1n) is 8.63. The number of amides is 2. The van der Waals surface area contributed by atoms with Crippen LogP contribution in [-0.4, -0.2) is 43.5 Å². The number of alkyl halides is 3. The fraction of sp³-hybridized carbons (Fsp3) is 0.529. The molecule has 1 aromatic rings. The quantitative estimate of drug-likeness (QED) is 0.554. The zero-order valence-electron chi connectivity index (χ0n) is 14.7. The van der Waals surface area contributed by atoms with E-state index in [1.54, 1.807) is 0 Å². The van der Waals surface area contributed by atoms with Gasteiger partial charge in [0, 0.05) is 5.56 Å². The minimum Gasteiger partial charge on any atom is -0.447 e. The fourth-order valence-corrected chi connectivity index (χ4v) is 3.40. The lowest BCUT2D eigenvalue weighted by Gasteiger charge is -2.35. The second-order valence-corrected chi connectivity index (χ2v) is 7.11. The van der Waals surface area contributed by atoms with Gasteiger partial charge in [0.25, 0.3) is 0 Å². The molecule has 0 unspecified atom stereocenters. The highest BCUT2D eigenvalue weighted by atomic mass is 35.5. The van der Waals surface area contributed by atoms with E-state index in [2.05, 4.69) is 15.4 Å². The zero-order chi connectivity index (χ0) is 21.3. The second-order valence-electron chi connectivity index (χ2n) is 6.73. The zero-order valence-corrected chi connectivity index (χ0v) is 15.4. The molecule has 2 heterocycles. The highest BCUT2D eigenvalue weighted by Crippen LogP contribution is 2.38. The molecule has 0 spiro atoms. The predicted octanol–water partition coefficient (Wildman–Crippen LogP) is 3.24. The van der Waals surface area contributed by atoms with Crippen LogP contribution in [0.15, 0.2) is 12.1 Å². The van der Waals surface area contributed by atoms with Crippen molar-refractivity contribution in [2.75, 3.05) is 13.2 Å². The maximum absolute atomic E-state index is 14.6. The number of carbonyl (C=O) groups excluding carboxylic acids is 2. The Morgan fingerprint density at radius 2 is 1.97 bits per heavy atom. The highest BCUT2D eigenvalue weighted by molar-refractivity contribution is 6.31. The molecule has 0 saturated carbocycles. The largest absolute Gasteiger partial charge is 0.447 e. The number of cyclic esters (lactones) is 1. The highest BCUT2D eigenvalue weighted by Gasteiger charge is 2.44. The first kappa shape index (κ1) is 21.6. The molecule has 2 saturated heterocycles. The van der Waals surface area contributed by atoms with Crippen LogP contribution < -0.4 is 10.6 Å². The maximum Gasteiger partial charge on any atom is 0.407 e. The van der Waals surface area contributed by atoms with E-state index in [9.17, 15) is 31.5 Å². The topological polar surface area (TPSA) is 76.7 Å². The van der Waals surface area contributed by atoms with Crippen LogP contribution >= 0.6 is 11.6 Å². The molecule has 4 atom stereocenters. The summed E-state index contributed by atoms with van der Waals surface area (Å²) in [6, 6.07) is -0.422. The Hall–Kier alpha value is -2.14. The summed E-state index contributed by atoms with van der Waals surface area (Å²) in [5.74, 6) is -4.64. The number of hydrogen-bond acceptors (Lipinski definition) is 4. The number of benzene rings is 1. The Morgan fingerprint density at radius 3 is 2.52 bits per heavy atom. The summed E-state index contributed by atoms with van der Waals surface area (Å²) in [4.78, 5) is 23.6. The Morgan fingerprint density at radius 1 is 1.24 bits per heavy atom. The summed E-state index contributed by atoms with van der Waals surface area (Å²) in [6.45, 7) is -0.938. The third-order valence-electron chi connectivity index (χ3n) is 4.83. The van der Waals surface area contributed by atoms with Gasteiger partial charge in [0.15, 0.2) is 0 Å². The summed E-state index contributed by atoms with van der Waals surface area (Å²) in [5, 5.41) is 3.86. The molecule has 160 valence electrons. The van der Waals surface area contributed by atoms with Gasteiger partial charge >= 0.3 is 12.3 Å². The van der Waals surface area contributed by atoms with Crippen LogP contribution in [0.25, 0.3) is 0 Å². The van der Waals surface area contributed by atoms with Crippen molar-refractivity contribution >= 4 is 23.6 Å². The molecular weight excluding hydrogens is 427 g/mol. The molecule has 29 heavy (non-hydrogen) atoms. The van der Waals surface area contributed by atoms with E-state index in [1.165, 1.54) is 0 Å². The lowest BCUT2D eigenvalue weighted by atomic mass is 9.90. The SMILES string of the molecule is O=C1N[C@H](C(=O)N[C@@H](c2ccc(F)c(Cl)c2F)[C@H]2CC[C@H](C(F)(F)F)CO2)CO1. The molecular formula is C17H16ClF5N2O4. The molecule has 0 aliphatic carbocycles. The van der Waals surface area contributed by atoms with Crippen molar-refractivity contribution in [1.82, 2.24) is 10.6 Å². The van der Waals surface area contributed by atoms with Gasteiger partial charge in [-0.15, -0.1) is 0 Å². The third kappa shape index (κ3) is 4.72. The first-order chi connectivity index (χ1) is 13.6. The molecule has 2 amide bonds. The molecule has 0 aromatic heterocycles. The standard InChI is InChI=1S/C17H16ClF5N2O4/c18-12-9(19)3-2-8(13(12)20)14(25-15(26)10-6-29-16(27)24-10)11-4-1-7(5-28-11)17(21,22)23/h2-3,7,10-11,14H,1,4-6H2,(H,24,27)(H,25,26)/t7-,10-,11+,14-/m0/s1. The van der Waals surface area contributed by atoms with Gasteiger partial charge < -0.3 is 20.1 Å². The smallest absolute Gasteiger partial charge is 0.407 e. The molecule has 12 heteroatoms. The van der Waals surface area contributed by atoms with Crippen molar-refractivity contribution in [2.45, 2.75) is 37.2 Å². The summed E-state index contributed by atoms with van der Waals surface area (Å²) in [7, 11) is 0. The molecule has 2 aliphatic rings. The van der Waals surface area contributed by atoms with Crippen LogP contribution in [0.3, 0.4) is 0 Å². The van der Waals surface area contributed by atoms with Crippen LogP contribution in [0.2, 0.25) is 5.02 Å². The number of alkyl carbamates (subject to hydrolysis) is 1. The van der Waals surface area contributed by atoms with E-state index >= 15 is 0 Å². The fourth-order valence-electron chi connectivity index (χ4n) is 3.22. The van der Waals surface area contributed by atoms with Gasteiger partial charge in [0.05, 0.1) is 24.7 Å². The molecule has 0 bridgehead atoms. The molecule has 2 fully saturated rings. The molecule has 3 rings (SSSR count). The normalized spacial score (nSPS) is 25.9. The van der Waals surface area contributed by atoms with Crippen LogP contribution in [0.5, 0.6) is 0 Å². The predicted molar refractivity (Wildman–Crippen MR) is 89.0 cm³/mol. The van der Waals surface area contributed by atoms with Gasteiger partial charge in [0.1, 0.15) is 29.3 Å². The molecule has 2 N–H and O–H groups in total. The van der Waals surface area contributed by atoms with Crippen LogP contribution in [-0.2, 0) is 14.3 Å². The average molecular weight is 443 g/mol. The summed E-state index contributed by atoms with van der Waals surface area (Å²) in [5.41, 5.74) is -0.245. The van der Waals surface area contributed by atoms with Crippen LogP contribution in [0.1, 0.15) is 24.4 Å². The number of hydrogen-bond donors (Lipinski definition) is 2. The molecule has 6 nitrogen and oxygen atoms in total. The van der Waals surface area contributed by atoms with E-state index in [0.717, 1.165) is 12.1 Å². The third-order valence-corrected chi connectivity index (χ3v) is 5.18. The van der Waals surface area contributed by atoms with Crippen molar-refractivity contribution in [3.8, 4) is 0 Å². The Labute approximate surface area is 166 Å². The summed E-state index contributed by atoms with van der Waals surface area (Å²) >= 11 is 5.60. The number of nitrogens with one attached hydrogen (secondary N) is 2. The van der Waals surface area contributed by atoms with Gasteiger partial charge in [-0.3, -0.25) is 4.79 Å². The lowest BCUT2D eigenvalue weighted by molar-refractivity contribution is -0.210. The number of halogens is 6. The average Bonchev–Trinajstić information content (AvgIpc) is 3.11. The maximum atomic E-state index is 14.6. The second kappa shape index (κ2) is 8.31. The van der Waals surface area contributed by atoms with Crippen molar-refractivity contribution in [3.05, 3.63) is 34.4 Å². The summed E-state index contributed by atoms with van der Waals surface area (Å²) < 4.78 is 76.6. The molecule has 0 radical (unpaired) electrons. The van der Waals surface area contributed by atoms with E-state index < -0.39 is 65.5 Å².